The van der Waals surface area contributed by atoms with Gasteiger partial charge >= 0.3 is 0 Å². The maximum atomic E-state index is 10.0. The van der Waals surface area contributed by atoms with Gasteiger partial charge in [0.1, 0.15) is 5.75 Å². The van der Waals surface area contributed by atoms with Crippen molar-refractivity contribution in [3.63, 3.8) is 0 Å². The van der Waals surface area contributed by atoms with E-state index in [-0.39, 0.29) is 0 Å². The fourth-order valence-corrected chi connectivity index (χ4v) is 2.09. The van der Waals surface area contributed by atoms with Crippen LogP contribution in [0.3, 0.4) is 0 Å². The van der Waals surface area contributed by atoms with Crippen LogP contribution in [-0.2, 0) is 0 Å². The Hall–Kier alpha value is -0.580. The normalized spacial score (nSPS) is 16.9. The van der Waals surface area contributed by atoms with Gasteiger partial charge in [-0.25, -0.2) is 0 Å². The van der Waals surface area contributed by atoms with Crippen molar-refractivity contribution in [2.45, 2.75) is 18.9 Å². The summed E-state index contributed by atoms with van der Waals surface area (Å²) in [5.41, 5.74) is 0.842. The highest BCUT2D eigenvalue weighted by atomic mass is 79.9. The molecule has 2 rings (SSSR count). The van der Waals surface area contributed by atoms with Gasteiger partial charge in [0.25, 0.3) is 0 Å². The SMILES string of the molecule is CNCC(O)c1cc(Br)ccc1OCC1CC1. The van der Waals surface area contributed by atoms with Crippen LogP contribution in [0.5, 0.6) is 5.75 Å². The van der Waals surface area contributed by atoms with E-state index >= 15 is 0 Å². The maximum Gasteiger partial charge on any atom is 0.125 e. The molecule has 0 aliphatic heterocycles. The highest BCUT2D eigenvalue weighted by Gasteiger charge is 2.23. The van der Waals surface area contributed by atoms with Crippen LogP contribution in [0, 0.1) is 5.92 Å². The number of aliphatic hydroxyl groups excluding tert-OH is 1. The predicted octanol–water partition coefficient (Wildman–Crippen LogP) is 2.49. The molecule has 0 saturated heterocycles. The van der Waals surface area contributed by atoms with E-state index in [1.165, 1.54) is 12.8 Å². The number of benzene rings is 1. The molecule has 1 unspecified atom stereocenters. The monoisotopic (exact) mass is 299 g/mol. The molecule has 0 bridgehead atoms. The molecular weight excluding hydrogens is 282 g/mol. The first kappa shape index (κ1) is 12.9. The van der Waals surface area contributed by atoms with Gasteiger partial charge in [-0.05, 0) is 44.0 Å². The first-order valence-electron chi connectivity index (χ1n) is 5.95. The predicted molar refractivity (Wildman–Crippen MR) is 71.2 cm³/mol. The Bertz CT molecular complexity index is 380. The van der Waals surface area contributed by atoms with Crippen molar-refractivity contribution in [2.24, 2.45) is 5.92 Å². The van der Waals surface area contributed by atoms with E-state index in [0.717, 1.165) is 22.4 Å². The maximum absolute atomic E-state index is 10.0. The topological polar surface area (TPSA) is 41.5 Å². The van der Waals surface area contributed by atoms with E-state index in [9.17, 15) is 5.11 Å². The lowest BCUT2D eigenvalue weighted by atomic mass is 10.1. The number of nitrogens with one attached hydrogen (secondary N) is 1. The van der Waals surface area contributed by atoms with Crippen molar-refractivity contribution < 1.29 is 9.84 Å². The molecule has 0 radical (unpaired) electrons. The summed E-state index contributed by atoms with van der Waals surface area (Å²) in [6.07, 6.45) is 2.00. The van der Waals surface area contributed by atoms with Gasteiger partial charge in [-0.15, -0.1) is 0 Å². The van der Waals surface area contributed by atoms with Gasteiger partial charge in [-0.2, -0.15) is 0 Å². The van der Waals surface area contributed by atoms with Crippen LogP contribution in [0.1, 0.15) is 24.5 Å². The number of hydrogen-bond donors (Lipinski definition) is 2. The molecule has 1 aliphatic rings. The Kier molecular flexibility index (Phi) is 4.42. The first-order chi connectivity index (χ1) is 8.20. The van der Waals surface area contributed by atoms with Gasteiger partial charge < -0.3 is 15.2 Å². The number of ether oxygens (including phenoxy) is 1. The molecule has 1 aliphatic carbocycles. The van der Waals surface area contributed by atoms with Crippen molar-refractivity contribution in [1.82, 2.24) is 5.32 Å². The smallest absolute Gasteiger partial charge is 0.125 e. The summed E-state index contributed by atoms with van der Waals surface area (Å²) >= 11 is 3.42. The van der Waals surface area contributed by atoms with Crippen molar-refractivity contribution in [3.05, 3.63) is 28.2 Å². The lowest BCUT2D eigenvalue weighted by molar-refractivity contribution is 0.170. The zero-order valence-corrected chi connectivity index (χ0v) is 11.5. The average molecular weight is 300 g/mol. The Balaban J connectivity index is 2.10. The lowest BCUT2D eigenvalue weighted by Gasteiger charge is -2.16. The minimum atomic E-state index is -0.535. The molecule has 0 heterocycles. The second kappa shape index (κ2) is 5.85. The van der Waals surface area contributed by atoms with E-state index < -0.39 is 6.10 Å². The molecule has 0 aromatic heterocycles. The molecule has 1 aromatic rings. The van der Waals surface area contributed by atoms with Crippen LogP contribution in [0.4, 0.5) is 0 Å². The highest BCUT2D eigenvalue weighted by molar-refractivity contribution is 9.10. The van der Waals surface area contributed by atoms with Gasteiger partial charge in [-0.1, -0.05) is 15.9 Å². The van der Waals surface area contributed by atoms with Gasteiger partial charge in [0.2, 0.25) is 0 Å². The third kappa shape index (κ3) is 3.69. The Morgan fingerprint density at radius 3 is 2.94 bits per heavy atom. The fraction of sp³-hybridized carbons (Fsp3) is 0.538. The van der Waals surface area contributed by atoms with Crippen LogP contribution in [-0.4, -0.2) is 25.3 Å². The van der Waals surface area contributed by atoms with Crippen LogP contribution in [0.2, 0.25) is 0 Å². The molecule has 17 heavy (non-hydrogen) atoms. The molecule has 0 amide bonds. The molecule has 1 atom stereocenters. The van der Waals surface area contributed by atoms with E-state index in [1.807, 2.05) is 25.2 Å². The third-order valence-electron chi connectivity index (χ3n) is 2.90. The summed E-state index contributed by atoms with van der Waals surface area (Å²) in [5.74, 6) is 1.51. The summed E-state index contributed by atoms with van der Waals surface area (Å²) in [7, 11) is 1.83. The highest BCUT2D eigenvalue weighted by Crippen LogP contribution is 2.33. The van der Waals surface area contributed by atoms with E-state index in [2.05, 4.69) is 21.2 Å². The van der Waals surface area contributed by atoms with Crippen LogP contribution >= 0.6 is 15.9 Å². The average Bonchev–Trinajstić information content (AvgIpc) is 3.11. The van der Waals surface area contributed by atoms with Crippen molar-refractivity contribution in [2.75, 3.05) is 20.2 Å². The quantitative estimate of drug-likeness (QED) is 0.848. The second-order valence-corrected chi connectivity index (χ2v) is 5.43. The van der Waals surface area contributed by atoms with Gasteiger partial charge in [0.15, 0.2) is 0 Å². The van der Waals surface area contributed by atoms with Crippen molar-refractivity contribution >= 4 is 15.9 Å². The number of halogens is 1. The lowest BCUT2D eigenvalue weighted by Crippen LogP contribution is -2.17. The molecule has 4 heteroatoms. The minimum Gasteiger partial charge on any atom is -0.493 e. The standard InChI is InChI=1S/C13H18BrNO2/c1-15-7-12(16)11-6-10(14)4-5-13(11)17-8-9-2-3-9/h4-6,9,12,15-16H,2-3,7-8H2,1H3. The van der Waals surface area contributed by atoms with Crippen LogP contribution in [0.15, 0.2) is 22.7 Å². The zero-order valence-electron chi connectivity index (χ0n) is 9.95. The second-order valence-electron chi connectivity index (χ2n) is 4.51. The number of rotatable bonds is 6. The summed E-state index contributed by atoms with van der Waals surface area (Å²) < 4.78 is 6.73. The summed E-state index contributed by atoms with van der Waals surface area (Å²) in [6, 6.07) is 5.78. The van der Waals surface area contributed by atoms with Gasteiger partial charge in [0, 0.05) is 16.6 Å². The van der Waals surface area contributed by atoms with E-state index in [0.29, 0.717) is 12.5 Å². The number of hydrogen-bond acceptors (Lipinski definition) is 3. The molecule has 3 nitrogen and oxygen atoms in total. The summed E-state index contributed by atoms with van der Waals surface area (Å²) in [4.78, 5) is 0. The number of likely N-dealkylation sites (N-methyl/N-ethyl adjacent to an activating group) is 1. The van der Waals surface area contributed by atoms with Gasteiger partial charge in [0.05, 0.1) is 12.7 Å². The molecule has 1 fully saturated rings. The van der Waals surface area contributed by atoms with Crippen LogP contribution < -0.4 is 10.1 Å². The molecule has 2 N–H and O–H groups in total. The third-order valence-corrected chi connectivity index (χ3v) is 3.39. The number of aliphatic hydroxyl groups is 1. The first-order valence-corrected chi connectivity index (χ1v) is 6.75. The van der Waals surface area contributed by atoms with E-state index in [4.69, 9.17) is 4.74 Å². The Labute approximate surface area is 110 Å². The molecule has 94 valence electrons. The van der Waals surface area contributed by atoms with Crippen LogP contribution in [0.25, 0.3) is 0 Å². The summed E-state index contributed by atoms with van der Waals surface area (Å²) in [6.45, 7) is 1.29. The summed E-state index contributed by atoms with van der Waals surface area (Å²) in [5, 5.41) is 13.0. The molecule has 1 saturated carbocycles. The largest absolute Gasteiger partial charge is 0.493 e. The van der Waals surface area contributed by atoms with Crippen molar-refractivity contribution in [3.8, 4) is 5.75 Å². The molecule has 1 aromatic carbocycles. The van der Waals surface area contributed by atoms with Gasteiger partial charge in [-0.3, -0.25) is 0 Å². The molecular formula is C13H18BrNO2. The zero-order chi connectivity index (χ0) is 12.3. The van der Waals surface area contributed by atoms with Crippen molar-refractivity contribution in [1.29, 1.82) is 0 Å². The Morgan fingerprint density at radius 2 is 2.29 bits per heavy atom. The Morgan fingerprint density at radius 1 is 1.53 bits per heavy atom. The molecule has 0 spiro atoms. The fourth-order valence-electron chi connectivity index (χ4n) is 1.71. The minimum absolute atomic E-state index is 0.524. The van der Waals surface area contributed by atoms with E-state index in [1.54, 1.807) is 0 Å².